The van der Waals surface area contributed by atoms with Crippen LogP contribution >= 0.6 is 11.6 Å². The highest BCUT2D eigenvalue weighted by Gasteiger charge is 2.34. The molecule has 6 nitrogen and oxygen atoms in total. The maximum absolute atomic E-state index is 10.7. The minimum Gasteiger partial charge on any atom is -0.463 e. The van der Waals surface area contributed by atoms with Crippen LogP contribution in [-0.2, 0) is 15.0 Å². The third-order valence-corrected chi connectivity index (χ3v) is 3.32. The minimum atomic E-state index is -4.27. The third-order valence-electron chi connectivity index (χ3n) is 2.56. The standard InChI is InChI=1S/C11H14ClNO5S/c1-11(2)17-9-5-7(12)3-4-8(9)10(18-11)6-13-19(14,15)16/h3-5,10,13H,6H2,1-2H3,(H,14,15,16). The van der Waals surface area contributed by atoms with Crippen LogP contribution in [0.1, 0.15) is 25.5 Å². The van der Waals surface area contributed by atoms with E-state index in [9.17, 15) is 8.42 Å². The van der Waals surface area contributed by atoms with Crippen molar-refractivity contribution in [2.75, 3.05) is 6.54 Å². The Kier molecular flexibility index (Phi) is 3.76. The quantitative estimate of drug-likeness (QED) is 0.833. The van der Waals surface area contributed by atoms with Crippen molar-refractivity contribution < 1.29 is 22.4 Å². The van der Waals surface area contributed by atoms with E-state index in [0.717, 1.165) is 0 Å². The predicted octanol–water partition coefficient (Wildman–Crippen LogP) is 1.92. The lowest BCUT2D eigenvalue weighted by Crippen LogP contribution is -2.41. The van der Waals surface area contributed by atoms with Crippen molar-refractivity contribution in [3.8, 4) is 5.75 Å². The molecular weight excluding hydrogens is 294 g/mol. The first-order valence-corrected chi connectivity index (χ1v) is 7.36. The monoisotopic (exact) mass is 307 g/mol. The molecule has 0 fully saturated rings. The van der Waals surface area contributed by atoms with Crippen LogP contribution in [0.3, 0.4) is 0 Å². The molecule has 0 saturated carbocycles. The van der Waals surface area contributed by atoms with Gasteiger partial charge in [0.1, 0.15) is 11.9 Å². The number of hydrogen-bond acceptors (Lipinski definition) is 4. The highest BCUT2D eigenvalue weighted by atomic mass is 35.5. The van der Waals surface area contributed by atoms with E-state index in [1.807, 2.05) is 4.72 Å². The highest BCUT2D eigenvalue weighted by molar-refractivity contribution is 7.83. The van der Waals surface area contributed by atoms with Crippen LogP contribution in [0, 0.1) is 0 Å². The van der Waals surface area contributed by atoms with Crippen LogP contribution in [0.2, 0.25) is 5.02 Å². The summed E-state index contributed by atoms with van der Waals surface area (Å²) >= 11 is 5.89. The number of benzene rings is 1. The van der Waals surface area contributed by atoms with Gasteiger partial charge in [-0.05, 0) is 12.1 Å². The average Bonchev–Trinajstić information content (AvgIpc) is 2.22. The van der Waals surface area contributed by atoms with Crippen LogP contribution in [0.5, 0.6) is 5.75 Å². The topological polar surface area (TPSA) is 84.9 Å². The normalized spacial score (nSPS) is 21.6. The first-order chi connectivity index (χ1) is 8.66. The Bertz CT molecular complexity index is 587. The summed E-state index contributed by atoms with van der Waals surface area (Å²) in [7, 11) is -4.27. The van der Waals surface area contributed by atoms with Gasteiger partial charge < -0.3 is 9.47 Å². The number of hydrogen-bond donors (Lipinski definition) is 2. The van der Waals surface area contributed by atoms with Crippen LogP contribution in [0.4, 0.5) is 0 Å². The van der Waals surface area contributed by atoms with Gasteiger partial charge in [-0.25, -0.2) is 0 Å². The molecule has 0 aliphatic carbocycles. The Morgan fingerprint density at radius 3 is 2.79 bits per heavy atom. The zero-order valence-corrected chi connectivity index (χ0v) is 12.0. The van der Waals surface area contributed by atoms with E-state index in [4.69, 9.17) is 25.6 Å². The molecule has 19 heavy (non-hydrogen) atoms. The van der Waals surface area contributed by atoms with E-state index in [1.54, 1.807) is 32.0 Å². The molecule has 0 aromatic heterocycles. The Morgan fingerprint density at radius 1 is 1.47 bits per heavy atom. The average molecular weight is 308 g/mol. The van der Waals surface area contributed by atoms with E-state index in [-0.39, 0.29) is 6.54 Å². The van der Waals surface area contributed by atoms with Gasteiger partial charge in [0, 0.05) is 31.0 Å². The summed E-state index contributed by atoms with van der Waals surface area (Å²) in [5.41, 5.74) is 0.667. The molecule has 1 aliphatic rings. The van der Waals surface area contributed by atoms with Crippen LogP contribution < -0.4 is 9.46 Å². The highest BCUT2D eigenvalue weighted by Crippen LogP contribution is 2.39. The maximum Gasteiger partial charge on any atom is 0.333 e. The number of ether oxygens (including phenoxy) is 2. The summed E-state index contributed by atoms with van der Waals surface area (Å²) in [5, 5.41) is 0.512. The van der Waals surface area contributed by atoms with Crippen LogP contribution in [0.15, 0.2) is 18.2 Å². The zero-order chi connectivity index (χ0) is 14.3. The van der Waals surface area contributed by atoms with Gasteiger partial charge in [-0.15, -0.1) is 0 Å². The fourth-order valence-electron chi connectivity index (χ4n) is 1.89. The lowest BCUT2D eigenvalue weighted by molar-refractivity contribution is -0.204. The molecule has 2 N–H and O–H groups in total. The summed E-state index contributed by atoms with van der Waals surface area (Å²) in [6, 6.07) is 5.00. The van der Waals surface area contributed by atoms with Crippen LogP contribution in [0.25, 0.3) is 0 Å². The molecule has 2 rings (SSSR count). The Balaban J connectivity index is 2.29. The largest absolute Gasteiger partial charge is 0.463 e. The number of fused-ring (bicyclic) bond motifs is 1. The second-order valence-corrected chi connectivity index (χ2v) is 6.29. The Morgan fingerprint density at radius 2 is 2.16 bits per heavy atom. The smallest absolute Gasteiger partial charge is 0.333 e. The SMILES string of the molecule is CC1(C)Oc2cc(Cl)ccc2C(CNS(=O)(=O)O)O1. The van der Waals surface area contributed by atoms with Gasteiger partial charge in [0.25, 0.3) is 0 Å². The Labute approximate surface area is 116 Å². The summed E-state index contributed by atoms with van der Waals surface area (Å²) in [5.74, 6) is -0.380. The number of nitrogens with one attached hydrogen (secondary N) is 1. The molecule has 0 spiro atoms. The molecule has 8 heteroatoms. The molecule has 1 unspecified atom stereocenters. The van der Waals surface area contributed by atoms with Crippen molar-refractivity contribution in [1.82, 2.24) is 4.72 Å². The first-order valence-electron chi connectivity index (χ1n) is 5.55. The van der Waals surface area contributed by atoms with Crippen molar-refractivity contribution >= 4 is 21.9 Å². The minimum absolute atomic E-state index is 0.0970. The fraction of sp³-hybridized carbons (Fsp3) is 0.455. The molecule has 1 heterocycles. The van der Waals surface area contributed by atoms with Gasteiger partial charge in [0.15, 0.2) is 0 Å². The molecular formula is C11H14ClNO5S. The molecule has 0 amide bonds. The summed E-state index contributed by atoms with van der Waals surface area (Å²) < 4.78 is 43.4. The molecule has 1 atom stereocenters. The van der Waals surface area contributed by atoms with Crippen molar-refractivity contribution in [3.05, 3.63) is 28.8 Å². The lowest BCUT2D eigenvalue weighted by atomic mass is 10.1. The zero-order valence-electron chi connectivity index (χ0n) is 10.4. The molecule has 0 radical (unpaired) electrons. The van der Waals surface area contributed by atoms with Crippen molar-refractivity contribution in [2.45, 2.75) is 25.7 Å². The predicted molar refractivity (Wildman–Crippen MR) is 69.5 cm³/mol. The summed E-state index contributed by atoms with van der Waals surface area (Å²) in [4.78, 5) is 0. The molecule has 0 bridgehead atoms. The van der Waals surface area contributed by atoms with Crippen molar-refractivity contribution in [3.63, 3.8) is 0 Å². The van der Waals surface area contributed by atoms with E-state index < -0.39 is 22.2 Å². The molecule has 0 saturated heterocycles. The number of halogens is 1. The molecule has 1 aromatic carbocycles. The van der Waals surface area contributed by atoms with Crippen molar-refractivity contribution in [2.24, 2.45) is 0 Å². The summed E-state index contributed by atoms with van der Waals surface area (Å²) in [6.45, 7) is 3.31. The number of rotatable bonds is 3. The molecule has 106 valence electrons. The second kappa shape index (κ2) is 4.92. The molecule has 1 aliphatic heterocycles. The van der Waals surface area contributed by atoms with Gasteiger partial charge in [-0.1, -0.05) is 17.7 Å². The van der Waals surface area contributed by atoms with E-state index >= 15 is 0 Å². The fourth-order valence-corrected chi connectivity index (χ4v) is 2.41. The lowest BCUT2D eigenvalue weighted by Gasteiger charge is -2.37. The maximum atomic E-state index is 10.7. The van der Waals surface area contributed by atoms with Gasteiger partial charge in [-0.3, -0.25) is 4.55 Å². The molecule has 1 aromatic rings. The third kappa shape index (κ3) is 3.80. The van der Waals surface area contributed by atoms with Gasteiger partial charge in [0.2, 0.25) is 5.79 Å². The van der Waals surface area contributed by atoms with Gasteiger partial charge in [-0.2, -0.15) is 13.1 Å². The van der Waals surface area contributed by atoms with Gasteiger partial charge >= 0.3 is 10.3 Å². The van der Waals surface area contributed by atoms with E-state index in [0.29, 0.717) is 16.3 Å². The Hall–Kier alpha value is -0.860. The first kappa shape index (κ1) is 14.5. The second-order valence-electron chi connectivity index (χ2n) is 4.61. The van der Waals surface area contributed by atoms with Gasteiger partial charge in [0.05, 0.1) is 0 Å². The summed E-state index contributed by atoms with van der Waals surface area (Å²) in [6.07, 6.45) is -0.571. The van der Waals surface area contributed by atoms with Crippen molar-refractivity contribution in [1.29, 1.82) is 0 Å². The van der Waals surface area contributed by atoms with E-state index in [1.165, 1.54) is 0 Å². The van der Waals surface area contributed by atoms with E-state index in [2.05, 4.69) is 0 Å². The van der Waals surface area contributed by atoms with Crippen LogP contribution in [-0.4, -0.2) is 25.3 Å².